The Morgan fingerprint density at radius 2 is 1.55 bits per heavy atom. The number of ether oxygens (including phenoxy) is 1. The molecule has 4 aromatic rings. The van der Waals surface area contributed by atoms with E-state index in [4.69, 9.17) is 4.74 Å². The minimum Gasteiger partial charge on any atom is -0.423 e. The molecular formula is C26H18Br2N2O3. The first-order valence-electron chi connectivity index (χ1n) is 10.1. The molecule has 0 spiro atoms. The number of hydrogen-bond donors (Lipinski definition) is 1. The van der Waals surface area contributed by atoms with E-state index in [1.165, 1.54) is 6.21 Å². The molecule has 0 saturated carbocycles. The number of carbonyl (C=O) groups excluding carboxylic acids is 2. The third kappa shape index (κ3) is 5.94. The fourth-order valence-corrected chi connectivity index (χ4v) is 3.99. The van der Waals surface area contributed by atoms with Gasteiger partial charge in [0.25, 0.3) is 0 Å². The maximum atomic E-state index is 12.4. The van der Waals surface area contributed by atoms with Crippen LogP contribution in [0.25, 0.3) is 10.8 Å². The lowest BCUT2D eigenvalue weighted by Crippen LogP contribution is -2.19. The van der Waals surface area contributed by atoms with E-state index in [1.807, 2.05) is 36.4 Å². The molecule has 0 unspecified atom stereocenters. The van der Waals surface area contributed by atoms with Gasteiger partial charge in [0.2, 0.25) is 5.91 Å². The highest BCUT2D eigenvalue weighted by molar-refractivity contribution is 9.11. The van der Waals surface area contributed by atoms with Crippen LogP contribution in [-0.2, 0) is 11.2 Å². The standard InChI is InChI=1S/C26H18Br2N2O3/c27-20-10-7-18(8-11-20)26(32)33-21-12-5-17(6-13-21)16-29-30-25(31)15-19-9-14-24(28)23-4-2-1-3-22(19)23/h1-14,16H,15H2,(H,30,31)/b29-16+. The number of carbonyl (C=O) groups is 2. The summed E-state index contributed by atoms with van der Waals surface area (Å²) in [5, 5.41) is 6.13. The Hall–Kier alpha value is -3.29. The van der Waals surface area contributed by atoms with Gasteiger partial charge in [-0.05, 0) is 76.5 Å². The Morgan fingerprint density at radius 3 is 2.27 bits per heavy atom. The summed E-state index contributed by atoms with van der Waals surface area (Å²) < 4.78 is 7.26. The van der Waals surface area contributed by atoms with Crippen LogP contribution in [0.5, 0.6) is 5.75 Å². The monoisotopic (exact) mass is 564 g/mol. The molecule has 0 radical (unpaired) electrons. The topological polar surface area (TPSA) is 67.8 Å². The molecule has 4 rings (SSSR count). The Morgan fingerprint density at radius 1 is 0.848 bits per heavy atom. The van der Waals surface area contributed by atoms with Crippen molar-refractivity contribution in [3.05, 3.63) is 111 Å². The normalized spacial score (nSPS) is 11.0. The molecule has 0 fully saturated rings. The van der Waals surface area contributed by atoms with Crippen molar-refractivity contribution < 1.29 is 14.3 Å². The summed E-state index contributed by atoms with van der Waals surface area (Å²) in [7, 11) is 0. The van der Waals surface area contributed by atoms with Gasteiger partial charge in [-0.3, -0.25) is 4.79 Å². The third-order valence-corrected chi connectivity index (χ3v) is 6.11. The number of esters is 1. The second-order valence-corrected chi connectivity index (χ2v) is 8.96. The van der Waals surface area contributed by atoms with E-state index in [-0.39, 0.29) is 12.3 Å². The SMILES string of the molecule is O=C(Cc1ccc(Br)c2ccccc12)N/N=C/c1ccc(OC(=O)c2ccc(Br)cc2)cc1. The molecule has 4 aromatic carbocycles. The number of fused-ring (bicyclic) bond motifs is 1. The lowest BCUT2D eigenvalue weighted by molar-refractivity contribution is -0.120. The molecule has 0 bridgehead atoms. The first-order chi connectivity index (χ1) is 16.0. The molecule has 33 heavy (non-hydrogen) atoms. The van der Waals surface area contributed by atoms with Crippen LogP contribution in [0.3, 0.4) is 0 Å². The zero-order valence-electron chi connectivity index (χ0n) is 17.3. The average molecular weight is 566 g/mol. The molecule has 1 amide bonds. The predicted octanol–water partition coefficient (Wildman–Crippen LogP) is 6.28. The van der Waals surface area contributed by atoms with Crippen LogP contribution in [0.4, 0.5) is 0 Å². The zero-order valence-corrected chi connectivity index (χ0v) is 20.5. The molecule has 5 nitrogen and oxygen atoms in total. The molecular weight excluding hydrogens is 548 g/mol. The number of nitrogens with zero attached hydrogens (tertiary/aromatic N) is 1. The summed E-state index contributed by atoms with van der Waals surface area (Å²) in [4.78, 5) is 24.6. The van der Waals surface area contributed by atoms with Gasteiger partial charge in [-0.25, -0.2) is 10.2 Å². The fraction of sp³-hybridized carbons (Fsp3) is 0.0385. The summed E-state index contributed by atoms with van der Waals surface area (Å²) in [6.45, 7) is 0. The van der Waals surface area contributed by atoms with E-state index in [0.29, 0.717) is 11.3 Å². The first kappa shape index (κ1) is 22.9. The van der Waals surface area contributed by atoms with Gasteiger partial charge in [0.1, 0.15) is 5.75 Å². The minimum atomic E-state index is -0.434. The highest BCUT2D eigenvalue weighted by Crippen LogP contribution is 2.27. The number of benzene rings is 4. The first-order valence-corrected chi connectivity index (χ1v) is 11.6. The summed E-state index contributed by atoms with van der Waals surface area (Å²) in [6.07, 6.45) is 1.76. The summed E-state index contributed by atoms with van der Waals surface area (Å²) in [6, 6.07) is 25.6. The Balaban J connectivity index is 1.33. The summed E-state index contributed by atoms with van der Waals surface area (Å²) in [5.74, 6) is -0.221. The number of hydrazone groups is 1. The predicted molar refractivity (Wildman–Crippen MR) is 137 cm³/mol. The molecule has 7 heteroatoms. The number of amides is 1. The maximum absolute atomic E-state index is 12.4. The molecule has 1 N–H and O–H groups in total. The van der Waals surface area contributed by atoms with Gasteiger partial charge >= 0.3 is 5.97 Å². The van der Waals surface area contributed by atoms with Gasteiger partial charge in [0.15, 0.2) is 0 Å². The van der Waals surface area contributed by atoms with E-state index < -0.39 is 5.97 Å². The molecule has 0 aliphatic rings. The van der Waals surface area contributed by atoms with Crippen molar-refractivity contribution in [1.29, 1.82) is 0 Å². The highest BCUT2D eigenvalue weighted by Gasteiger charge is 2.09. The van der Waals surface area contributed by atoms with E-state index in [1.54, 1.807) is 48.5 Å². The summed E-state index contributed by atoms with van der Waals surface area (Å²) >= 11 is 6.88. The summed E-state index contributed by atoms with van der Waals surface area (Å²) in [5.41, 5.74) is 4.71. The van der Waals surface area contributed by atoms with Crippen LogP contribution in [0, 0.1) is 0 Å². The van der Waals surface area contributed by atoms with Crippen LogP contribution in [-0.4, -0.2) is 18.1 Å². The smallest absolute Gasteiger partial charge is 0.343 e. The molecule has 0 saturated heterocycles. The maximum Gasteiger partial charge on any atom is 0.343 e. The second kappa shape index (κ2) is 10.6. The number of halogens is 2. The highest BCUT2D eigenvalue weighted by atomic mass is 79.9. The third-order valence-electron chi connectivity index (χ3n) is 4.89. The van der Waals surface area contributed by atoms with Crippen molar-refractivity contribution >= 4 is 60.7 Å². The minimum absolute atomic E-state index is 0.209. The molecule has 0 aliphatic heterocycles. The Kier molecular flexibility index (Phi) is 7.32. The van der Waals surface area contributed by atoms with Crippen LogP contribution >= 0.6 is 31.9 Å². The van der Waals surface area contributed by atoms with Crippen molar-refractivity contribution in [2.24, 2.45) is 5.10 Å². The van der Waals surface area contributed by atoms with E-state index in [9.17, 15) is 9.59 Å². The molecule has 0 atom stereocenters. The second-order valence-electron chi connectivity index (χ2n) is 7.19. The molecule has 164 valence electrons. The Bertz CT molecular complexity index is 1330. The van der Waals surface area contributed by atoms with Crippen LogP contribution in [0.1, 0.15) is 21.5 Å². The van der Waals surface area contributed by atoms with Crippen molar-refractivity contribution in [2.75, 3.05) is 0 Å². The molecule has 0 heterocycles. The van der Waals surface area contributed by atoms with Gasteiger partial charge in [0, 0.05) is 8.95 Å². The Labute approximate surface area is 207 Å². The average Bonchev–Trinajstić information content (AvgIpc) is 2.82. The lowest BCUT2D eigenvalue weighted by atomic mass is 10.0. The number of hydrogen-bond acceptors (Lipinski definition) is 4. The van der Waals surface area contributed by atoms with E-state index in [2.05, 4.69) is 42.4 Å². The van der Waals surface area contributed by atoms with Gasteiger partial charge in [-0.2, -0.15) is 5.10 Å². The van der Waals surface area contributed by atoms with Crippen molar-refractivity contribution in [3.63, 3.8) is 0 Å². The number of rotatable bonds is 6. The van der Waals surface area contributed by atoms with E-state index in [0.717, 1.165) is 30.8 Å². The zero-order chi connectivity index (χ0) is 23.2. The van der Waals surface area contributed by atoms with Crippen LogP contribution in [0.2, 0.25) is 0 Å². The van der Waals surface area contributed by atoms with E-state index >= 15 is 0 Å². The van der Waals surface area contributed by atoms with Crippen molar-refractivity contribution in [1.82, 2.24) is 5.43 Å². The lowest BCUT2D eigenvalue weighted by Gasteiger charge is -2.07. The van der Waals surface area contributed by atoms with Crippen LogP contribution < -0.4 is 10.2 Å². The van der Waals surface area contributed by atoms with Gasteiger partial charge in [0.05, 0.1) is 18.2 Å². The number of nitrogens with one attached hydrogen (secondary N) is 1. The van der Waals surface area contributed by atoms with Crippen molar-refractivity contribution in [3.8, 4) is 5.75 Å². The quantitative estimate of drug-likeness (QED) is 0.129. The van der Waals surface area contributed by atoms with Crippen LogP contribution in [0.15, 0.2) is 99.0 Å². The van der Waals surface area contributed by atoms with Gasteiger partial charge < -0.3 is 4.74 Å². The molecule has 0 aromatic heterocycles. The molecule has 0 aliphatic carbocycles. The van der Waals surface area contributed by atoms with Gasteiger partial charge in [-0.15, -0.1) is 0 Å². The van der Waals surface area contributed by atoms with Crippen molar-refractivity contribution in [2.45, 2.75) is 6.42 Å². The fourth-order valence-electron chi connectivity index (χ4n) is 3.24. The largest absolute Gasteiger partial charge is 0.423 e. The van der Waals surface area contributed by atoms with Gasteiger partial charge in [-0.1, -0.05) is 62.2 Å².